The van der Waals surface area contributed by atoms with Crippen molar-refractivity contribution in [2.24, 2.45) is 0 Å². The summed E-state index contributed by atoms with van der Waals surface area (Å²) in [6.45, 7) is 5.56. The fraction of sp³-hybridized carbons (Fsp3) is 0.818. The van der Waals surface area contributed by atoms with Crippen LogP contribution in [-0.4, -0.2) is 39.7 Å². The van der Waals surface area contributed by atoms with E-state index in [-0.39, 0.29) is 0 Å². The number of nitrogens with one attached hydrogen (secondary N) is 1. The van der Waals surface area contributed by atoms with Crippen molar-refractivity contribution in [3.8, 4) is 0 Å². The van der Waals surface area contributed by atoms with Crippen molar-refractivity contribution in [2.45, 2.75) is 39.0 Å². The van der Waals surface area contributed by atoms with Gasteiger partial charge in [0.1, 0.15) is 5.82 Å². The minimum Gasteiger partial charge on any atom is -0.303 e. The zero-order chi connectivity index (χ0) is 10.5. The third kappa shape index (κ3) is 3.30. The molecule has 2 heterocycles. The van der Waals surface area contributed by atoms with Gasteiger partial charge in [0.05, 0.1) is 0 Å². The van der Waals surface area contributed by atoms with Crippen LogP contribution >= 0.6 is 0 Å². The number of aromatic nitrogens is 3. The molecule has 0 spiro atoms. The summed E-state index contributed by atoms with van der Waals surface area (Å²) in [5, 5.41) is 7.05. The first kappa shape index (κ1) is 10.6. The Bertz CT molecular complexity index is 287. The highest BCUT2D eigenvalue weighted by atomic mass is 15.2. The van der Waals surface area contributed by atoms with E-state index in [1.165, 1.54) is 38.8 Å². The van der Waals surface area contributed by atoms with Crippen LogP contribution in [0.2, 0.25) is 0 Å². The predicted octanol–water partition coefficient (Wildman–Crippen LogP) is 1.53. The predicted molar refractivity (Wildman–Crippen MR) is 59.7 cm³/mol. The maximum absolute atomic E-state index is 4.33. The maximum Gasteiger partial charge on any atom is 0.151 e. The molecule has 0 atom stereocenters. The lowest BCUT2D eigenvalue weighted by Gasteiger charge is -2.18. The monoisotopic (exact) mass is 208 g/mol. The summed E-state index contributed by atoms with van der Waals surface area (Å²) in [4.78, 5) is 6.87. The number of rotatable bonds is 3. The fourth-order valence-electron chi connectivity index (χ4n) is 2.12. The summed E-state index contributed by atoms with van der Waals surface area (Å²) in [6.07, 6.45) is 6.48. The molecule has 1 aliphatic rings. The van der Waals surface area contributed by atoms with Crippen LogP contribution in [-0.2, 0) is 6.42 Å². The Labute approximate surface area is 91.1 Å². The normalized spacial score (nSPS) is 19.0. The van der Waals surface area contributed by atoms with E-state index in [4.69, 9.17) is 0 Å². The lowest BCUT2D eigenvalue weighted by atomic mass is 10.2. The molecule has 1 fully saturated rings. The van der Waals surface area contributed by atoms with E-state index in [0.29, 0.717) is 0 Å². The highest BCUT2D eigenvalue weighted by Gasteiger charge is 2.09. The number of H-pyrrole nitrogens is 1. The molecule has 4 heteroatoms. The van der Waals surface area contributed by atoms with Crippen molar-refractivity contribution in [3.63, 3.8) is 0 Å². The summed E-state index contributed by atoms with van der Waals surface area (Å²) in [6, 6.07) is 0. The molecular weight excluding hydrogens is 188 g/mol. The summed E-state index contributed by atoms with van der Waals surface area (Å²) < 4.78 is 0. The molecule has 0 saturated carbocycles. The van der Waals surface area contributed by atoms with Gasteiger partial charge in [-0.3, -0.25) is 5.10 Å². The molecule has 4 nitrogen and oxygen atoms in total. The van der Waals surface area contributed by atoms with Crippen LogP contribution in [0.1, 0.15) is 37.3 Å². The molecule has 0 unspecified atom stereocenters. The molecule has 0 aromatic carbocycles. The van der Waals surface area contributed by atoms with Gasteiger partial charge in [0, 0.05) is 13.0 Å². The van der Waals surface area contributed by atoms with Crippen LogP contribution in [0.3, 0.4) is 0 Å². The Kier molecular flexibility index (Phi) is 3.72. The lowest BCUT2D eigenvalue weighted by Crippen LogP contribution is -2.27. The molecule has 1 aromatic heterocycles. The Morgan fingerprint density at radius 1 is 1.20 bits per heavy atom. The minimum absolute atomic E-state index is 0.917. The van der Waals surface area contributed by atoms with Crippen LogP contribution in [0.5, 0.6) is 0 Å². The van der Waals surface area contributed by atoms with E-state index < -0.39 is 0 Å². The van der Waals surface area contributed by atoms with Crippen LogP contribution in [0, 0.1) is 6.92 Å². The molecule has 2 rings (SSSR count). The highest BCUT2D eigenvalue weighted by Crippen LogP contribution is 2.09. The number of aryl methyl sites for hydroxylation is 1. The molecule has 0 bridgehead atoms. The topological polar surface area (TPSA) is 44.8 Å². The standard InChI is InChI=1S/C11H20N4/c1-10-12-11(14-13-10)6-9-15-7-4-2-3-5-8-15/h2-9H2,1H3,(H,12,13,14). The van der Waals surface area contributed by atoms with E-state index in [0.717, 1.165) is 24.6 Å². The third-order valence-corrected chi connectivity index (χ3v) is 2.99. The average Bonchev–Trinajstić information content (AvgIpc) is 2.52. The minimum atomic E-state index is 0.917. The third-order valence-electron chi connectivity index (χ3n) is 2.99. The smallest absolute Gasteiger partial charge is 0.151 e. The van der Waals surface area contributed by atoms with E-state index in [9.17, 15) is 0 Å². The van der Waals surface area contributed by atoms with Gasteiger partial charge in [0.2, 0.25) is 0 Å². The van der Waals surface area contributed by atoms with Crippen LogP contribution in [0.25, 0.3) is 0 Å². The highest BCUT2D eigenvalue weighted by molar-refractivity contribution is 4.88. The van der Waals surface area contributed by atoms with Crippen molar-refractivity contribution >= 4 is 0 Å². The van der Waals surface area contributed by atoms with Crippen LogP contribution in [0.4, 0.5) is 0 Å². The van der Waals surface area contributed by atoms with E-state index in [1.807, 2.05) is 6.92 Å². The van der Waals surface area contributed by atoms with Gasteiger partial charge in [0.25, 0.3) is 0 Å². The largest absolute Gasteiger partial charge is 0.303 e. The van der Waals surface area contributed by atoms with Gasteiger partial charge in [-0.15, -0.1) is 0 Å². The Balaban J connectivity index is 1.76. The van der Waals surface area contributed by atoms with Gasteiger partial charge in [-0.25, -0.2) is 4.98 Å². The summed E-state index contributed by atoms with van der Waals surface area (Å²) in [5.41, 5.74) is 0. The first-order valence-electron chi connectivity index (χ1n) is 5.95. The molecule has 15 heavy (non-hydrogen) atoms. The Hall–Kier alpha value is -0.900. The molecular formula is C11H20N4. The SMILES string of the molecule is Cc1nc(CCN2CCCCCC2)n[nH]1. The Morgan fingerprint density at radius 2 is 1.93 bits per heavy atom. The van der Waals surface area contributed by atoms with Crippen LogP contribution < -0.4 is 0 Å². The number of hydrogen-bond acceptors (Lipinski definition) is 3. The average molecular weight is 208 g/mol. The fourth-order valence-corrected chi connectivity index (χ4v) is 2.12. The molecule has 1 saturated heterocycles. The van der Waals surface area contributed by atoms with E-state index in [1.54, 1.807) is 0 Å². The van der Waals surface area contributed by atoms with Gasteiger partial charge < -0.3 is 4.90 Å². The van der Waals surface area contributed by atoms with Crippen molar-refractivity contribution in [1.29, 1.82) is 0 Å². The molecule has 1 aromatic rings. The molecule has 1 aliphatic heterocycles. The second kappa shape index (κ2) is 5.26. The van der Waals surface area contributed by atoms with E-state index >= 15 is 0 Å². The first-order chi connectivity index (χ1) is 7.34. The van der Waals surface area contributed by atoms with Gasteiger partial charge in [0.15, 0.2) is 5.82 Å². The zero-order valence-electron chi connectivity index (χ0n) is 9.50. The van der Waals surface area contributed by atoms with E-state index in [2.05, 4.69) is 20.1 Å². The molecule has 0 aliphatic carbocycles. The molecule has 84 valence electrons. The number of aromatic amines is 1. The van der Waals surface area contributed by atoms with Crippen molar-refractivity contribution in [3.05, 3.63) is 11.6 Å². The molecule has 1 N–H and O–H groups in total. The molecule has 0 radical (unpaired) electrons. The lowest BCUT2D eigenvalue weighted by molar-refractivity contribution is 0.287. The number of hydrogen-bond donors (Lipinski definition) is 1. The van der Waals surface area contributed by atoms with Gasteiger partial charge in [-0.05, 0) is 32.9 Å². The summed E-state index contributed by atoms with van der Waals surface area (Å²) >= 11 is 0. The number of likely N-dealkylation sites (tertiary alicyclic amines) is 1. The van der Waals surface area contributed by atoms with Crippen molar-refractivity contribution < 1.29 is 0 Å². The quantitative estimate of drug-likeness (QED) is 0.819. The van der Waals surface area contributed by atoms with Crippen molar-refractivity contribution in [2.75, 3.05) is 19.6 Å². The molecule has 0 amide bonds. The first-order valence-corrected chi connectivity index (χ1v) is 5.95. The second-order valence-corrected chi connectivity index (χ2v) is 4.34. The van der Waals surface area contributed by atoms with Gasteiger partial charge >= 0.3 is 0 Å². The second-order valence-electron chi connectivity index (χ2n) is 4.34. The van der Waals surface area contributed by atoms with Gasteiger partial charge in [-0.1, -0.05) is 12.8 Å². The summed E-state index contributed by atoms with van der Waals surface area (Å²) in [7, 11) is 0. The number of nitrogens with zero attached hydrogens (tertiary/aromatic N) is 3. The van der Waals surface area contributed by atoms with Crippen molar-refractivity contribution in [1.82, 2.24) is 20.1 Å². The summed E-state index contributed by atoms with van der Waals surface area (Å²) in [5.74, 6) is 1.87. The van der Waals surface area contributed by atoms with Gasteiger partial charge in [-0.2, -0.15) is 5.10 Å². The maximum atomic E-state index is 4.33. The zero-order valence-corrected chi connectivity index (χ0v) is 9.50. The van der Waals surface area contributed by atoms with Crippen LogP contribution in [0.15, 0.2) is 0 Å². The Morgan fingerprint density at radius 3 is 2.53 bits per heavy atom.